The van der Waals surface area contributed by atoms with Crippen LogP contribution >= 0.6 is 12.6 Å². The van der Waals surface area contributed by atoms with Crippen LogP contribution in [0.2, 0.25) is 0 Å². The minimum atomic E-state index is -1.71. The smallest absolute Gasteiger partial charge is 0.326 e. The van der Waals surface area contributed by atoms with Gasteiger partial charge in [0.15, 0.2) is 0 Å². The van der Waals surface area contributed by atoms with E-state index in [1.165, 1.54) is 12.5 Å². The van der Waals surface area contributed by atoms with Crippen molar-refractivity contribution in [1.29, 1.82) is 0 Å². The molecule has 0 spiro atoms. The van der Waals surface area contributed by atoms with Crippen molar-refractivity contribution in [1.82, 2.24) is 25.9 Å². The first kappa shape index (κ1) is 28.9. The molecule has 1 aromatic heterocycles. The number of unbranched alkanes of at least 4 members (excludes halogenated alkanes) is 1. The van der Waals surface area contributed by atoms with Crippen molar-refractivity contribution in [2.75, 3.05) is 12.3 Å². The highest BCUT2D eigenvalue weighted by molar-refractivity contribution is 7.80. The number of H-pyrrole nitrogens is 1. The number of carboxylic acids is 2. The molecule has 3 amide bonds. The van der Waals surface area contributed by atoms with E-state index in [2.05, 4.69) is 38.5 Å². The first-order chi connectivity index (χ1) is 16.1. The third kappa shape index (κ3) is 10.2. The second-order valence-electron chi connectivity index (χ2n) is 7.47. The molecule has 1 heterocycles. The SMILES string of the molecule is NCCCCC(N)C(=O)NC(CS)C(=O)NC(Cc1cnc[nH]1)C(=O)NC(CC(=O)O)C(=O)O. The standard InChI is InChI=1S/C19H31N7O7S/c20-4-2-1-3-11(21)16(29)26-14(8-34)18(31)24-12(5-10-7-22-9-23-10)17(30)25-13(19(32)33)6-15(27)28/h7,9,11-14,34H,1-6,8,20-21H2,(H,22,23)(H,24,31)(H,25,30)(H,26,29)(H,27,28)(H,32,33). The second kappa shape index (κ2) is 14.9. The van der Waals surface area contributed by atoms with Gasteiger partial charge < -0.3 is 42.6 Å². The molecule has 1 aromatic rings. The number of aromatic nitrogens is 2. The van der Waals surface area contributed by atoms with Crippen molar-refractivity contribution >= 4 is 42.3 Å². The lowest BCUT2D eigenvalue weighted by molar-refractivity contribution is -0.147. The number of aliphatic carboxylic acids is 2. The maximum atomic E-state index is 12.8. The normalized spacial score (nSPS) is 14.3. The monoisotopic (exact) mass is 501 g/mol. The molecule has 0 aromatic carbocycles. The van der Waals surface area contributed by atoms with Crippen molar-refractivity contribution in [2.24, 2.45) is 11.5 Å². The summed E-state index contributed by atoms with van der Waals surface area (Å²) in [5.74, 6) is -5.36. The summed E-state index contributed by atoms with van der Waals surface area (Å²) < 4.78 is 0. The number of hydrogen-bond acceptors (Lipinski definition) is 9. The van der Waals surface area contributed by atoms with Crippen molar-refractivity contribution in [2.45, 2.75) is 56.3 Å². The Morgan fingerprint density at radius 3 is 2.15 bits per heavy atom. The maximum Gasteiger partial charge on any atom is 0.326 e. The van der Waals surface area contributed by atoms with Crippen molar-refractivity contribution in [3.63, 3.8) is 0 Å². The lowest BCUT2D eigenvalue weighted by Crippen LogP contribution is -2.58. The summed E-state index contributed by atoms with van der Waals surface area (Å²) in [6.07, 6.45) is 3.48. The van der Waals surface area contributed by atoms with Crippen molar-refractivity contribution in [3.8, 4) is 0 Å². The van der Waals surface area contributed by atoms with Crippen LogP contribution in [0, 0.1) is 0 Å². The van der Waals surface area contributed by atoms with Gasteiger partial charge in [-0.25, -0.2) is 9.78 Å². The predicted octanol–water partition coefficient (Wildman–Crippen LogP) is -2.65. The van der Waals surface area contributed by atoms with Crippen LogP contribution in [0.1, 0.15) is 31.4 Å². The Morgan fingerprint density at radius 1 is 1.00 bits per heavy atom. The fraction of sp³-hybridized carbons (Fsp3) is 0.579. The average Bonchev–Trinajstić information content (AvgIpc) is 3.29. The number of nitrogens with zero attached hydrogens (tertiary/aromatic N) is 1. The number of carbonyl (C=O) groups excluding carboxylic acids is 3. The predicted molar refractivity (Wildman–Crippen MR) is 123 cm³/mol. The van der Waals surface area contributed by atoms with Crippen LogP contribution in [0.5, 0.6) is 0 Å². The van der Waals surface area contributed by atoms with Gasteiger partial charge in [0.1, 0.15) is 18.1 Å². The molecule has 10 N–H and O–H groups in total. The third-order valence-electron chi connectivity index (χ3n) is 4.73. The number of thiol groups is 1. The molecule has 0 aliphatic heterocycles. The number of nitrogens with one attached hydrogen (secondary N) is 4. The lowest BCUT2D eigenvalue weighted by atomic mass is 10.1. The molecule has 0 fully saturated rings. The molecule has 14 nitrogen and oxygen atoms in total. The number of carboxylic acid groups (broad SMARTS) is 2. The van der Waals surface area contributed by atoms with Crippen LogP contribution in [0.4, 0.5) is 0 Å². The van der Waals surface area contributed by atoms with Gasteiger partial charge in [-0.2, -0.15) is 12.6 Å². The van der Waals surface area contributed by atoms with Gasteiger partial charge >= 0.3 is 11.9 Å². The van der Waals surface area contributed by atoms with Gasteiger partial charge in [0.2, 0.25) is 17.7 Å². The van der Waals surface area contributed by atoms with Gasteiger partial charge in [0.05, 0.1) is 18.8 Å². The quantitative estimate of drug-likeness (QED) is 0.0841. The summed E-state index contributed by atoms with van der Waals surface area (Å²) in [4.78, 5) is 66.6. The molecule has 190 valence electrons. The second-order valence-corrected chi connectivity index (χ2v) is 7.84. The molecule has 4 unspecified atom stereocenters. The van der Waals surface area contributed by atoms with Crippen LogP contribution in [0.25, 0.3) is 0 Å². The molecule has 1 rings (SSSR count). The Kier molecular flexibility index (Phi) is 12.6. The molecular formula is C19H31N7O7S. The van der Waals surface area contributed by atoms with E-state index in [1.807, 2.05) is 0 Å². The highest BCUT2D eigenvalue weighted by Gasteiger charge is 2.31. The zero-order valence-electron chi connectivity index (χ0n) is 18.4. The molecular weight excluding hydrogens is 470 g/mol. The Balaban J connectivity index is 2.90. The Morgan fingerprint density at radius 2 is 1.62 bits per heavy atom. The summed E-state index contributed by atoms with van der Waals surface area (Å²) in [5.41, 5.74) is 11.7. The maximum absolute atomic E-state index is 12.8. The molecule has 15 heteroatoms. The number of nitrogens with two attached hydrogens (primary N) is 2. The van der Waals surface area contributed by atoms with E-state index in [9.17, 15) is 29.1 Å². The number of rotatable bonds is 16. The molecule has 0 saturated heterocycles. The summed E-state index contributed by atoms with van der Waals surface area (Å²) in [7, 11) is 0. The minimum absolute atomic E-state index is 0.108. The average molecular weight is 502 g/mol. The zero-order valence-corrected chi connectivity index (χ0v) is 19.3. The number of aromatic amines is 1. The first-order valence-electron chi connectivity index (χ1n) is 10.5. The third-order valence-corrected chi connectivity index (χ3v) is 5.09. The summed E-state index contributed by atoms with van der Waals surface area (Å²) in [5, 5.41) is 25.1. The highest BCUT2D eigenvalue weighted by Crippen LogP contribution is 2.04. The van der Waals surface area contributed by atoms with Gasteiger partial charge in [-0.05, 0) is 19.4 Å². The van der Waals surface area contributed by atoms with E-state index in [4.69, 9.17) is 16.6 Å². The van der Waals surface area contributed by atoms with E-state index in [-0.39, 0.29) is 12.2 Å². The van der Waals surface area contributed by atoms with Gasteiger partial charge in [-0.15, -0.1) is 0 Å². The van der Waals surface area contributed by atoms with Crippen LogP contribution in [-0.4, -0.2) is 86.3 Å². The lowest BCUT2D eigenvalue weighted by Gasteiger charge is -2.24. The van der Waals surface area contributed by atoms with Gasteiger partial charge in [0.25, 0.3) is 0 Å². The van der Waals surface area contributed by atoms with Crippen molar-refractivity contribution < 1.29 is 34.2 Å². The fourth-order valence-corrected chi connectivity index (χ4v) is 3.11. The largest absolute Gasteiger partial charge is 0.481 e. The van der Waals surface area contributed by atoms with E-state index < -0.39 is 60.2 Å². The Hall–Kier alpha value is -3.17. The molecule has 4 atom stereocenters. The van der Waals surface area contributed by atoms with Crippen molar-refractivity contribution in [3.05, 3.63) is 18.2 Å². The van der Waals surface area contributed by atoms with E-state index >= 15 is 0 Å². The van der Waals surface area contributed by atoms with Gasteiger partial charge in [-0.1, -0.05) is 6.42 Å². The number of amides is 3. The zero-order chi connectivity index (χ0) is 25.7. The van der Waals surface area contributed by atoms with Crippen LogP contribution < -0.4 is 27.4 Å². The summed E-state index contributed by atoms with van der Waals surface area (Å²) in [6.45, 7) is 0.463. The van der Waals surface area contributed by atoms with Crippen LogP contribution in [-0.2, 0) is 30.4 Å². The first-order valence-corrected chi connectivity index (χ1v) is 11.1. The molecule has 0 bridgehead atoms. The van der Waals surface area contributed by atoms with E-state index in [0.29, 0.717) is 31.5 Å². The number of carbonyl (C=O) groups is 5. The Bertz CT molecular complexity index is 837. The van der Waals surface area contributed by atoms with Gasteiger partial charge in [-0.3, -0.25) is 19.2 Å². The number of imidazole rings is 1. The molecule has 0 radical (unpaired) electrons. The minimum Gasteiger partial charge on any atom is -0.481 e. The van der Waals surface area contributed by atoms with Gasteiger partial charge in [0, 0.05) is 24.1 Å². The summed E-state index contributed by atoms with van der Waals surface area (Å²) in [6, 6.07) is -5.01. The molecule has 0 aliphatic carbocycles. The summed E-state index contributed by atoms with van der Waals surface area (Å²) >= 11 is 4.07. The molecule has 34 heavy (non-hydrogen) atoms. The number of hydrogen-bond donors (Lipinski definition) is 9. The van der Waals surface area contributed by atoms with Crippen LogP contribution in [0.3, 0.4) is 0 Å². The van der Waals surface area contributed by atoms with E-state index in [0.717, 1.165) is 0 Å². The topological polar surface area (TPSA) is 243 Å². The molecule has 0 aliphatic rings. The fourth-order valence-electron chi connectivity index (χ4n) is 2.86. The molecule has 0 saturated carbocycles. The van der Waals surface area contributed by atoms with E-state index in [1.54, 1.807) is 0 Å². The Labute approximate surface area is 201 Å². The van der Waals surface area contributed by atoms with Crippen LogP contribution in [0.15, 0.2) is 12.5 Å². The highest BCUT2D eigenvalue weighted by atomic mass is 32.1.